The summed E-state index contributed by atoms with van der Waals surface area (Å²) in [5, 5.41) is 34.8. The first kappa shape index (κ1) is 36.5. The molecule has 4 aromatic heterocycles. The van der Waals surface area contributed by atoms with Gasteiger partial charge in [-0.1, -0.05) is 32.9 Å². The monoisotopic (exact) mass is 732 g/mol. The maximum Gasteiger partial charge on any atom is 0.228 e. The fourth-order valence-electron chi connectivity index (χ4n) is 7.89. The van der Waals surface area contributed by atoms with E-state index in [1.165, 1.54) is 12.4 Å². The lowest BCUT2D eigenvalue weighted by Crippen LogP contribution is -2.49. The molecule has 16 heteroatoms. The van der Waals surface area contributed by atoms with E-state index in [1.54, 1.807) is 35.8 Å². The van der Waals surface area contributed by atoms with Crippen LogP contribution in [0, 0.1) is 45.3 Å². The van der Waals surface area contributed by atoms with Gasteiger partial charge in [0.25, 0.3) is 0 Å². The summed E-state index contributed by atoms with van der Waals surface area (Å²) < 4.78 is 13.4. The minimum atomic E-state index is -0.478. The van der Waals surface area contributed by atoms with Crippen LogP contribution in [0.4, 0.5) is 0 Å². The van der Waals surface area contributed by atoms with Gasteiger partial charge in [-0.25, -0.2) is 4.68 Å². The fraction of sp³-hybridized carbons (Fsp3) is 0.526. The van der Waals surface area contributed by atoms with E-state index < -0.39 is 10.8 Å². The molecule has 0 spiro atoms. The number of carbonyl (C=O) groups excluding carboxylic acids is 2. The molecule has 16 nitrogen and oxygen atoms in total. The molecular formula is C38H44N12O4. The Hall–Kier alpha value is -5.90. The Balaban J connectivity index is 0.000000167. The van der Waals surface area contributed by atoms with Gasteiger partial charge in [0, 0.05) is 52.9 Å². The van der Waals surface area contributed by atoms with Gasteiger partial charge in [-0.15, -0.1) is 5.10 Å². The van der Waals surface area contributed by atoms with E-state index in [4.69, 9.17) is 9.47 Å². The lowest BCUT2D eigenvalue weighted by molar-refractivity contribution is -0.148. The van der Waals surface area contributed by atoms with Crippen molar-refractivity contribution in [1.29, 1.82) is 10.5 Å². The zero-order valence-corrected chi connectivity index (χ0v) is 31.0. The highest BCUT2D eigenvalue weighted by atomic mass is 16.5. The molecule has 0 unspecified atom stereocenters. The quantitative estimate of drug-likeness (QED) is 0.278. The Labute approximate surface area is 313 Å². The van der Waals surface area contributed by atoms with E-state index >= 15 is 0 Å². The molecule has 2 amide bonds. The van der Waals surface area contributed by atoms with Crippen LogP contribution in [0.2, 0.25) is 0 Å². The van der Waals surface area contributed by atoms with Crippen molar-refractivity contribution in [2.24, 2.45) is 22.7 Å². The molecular weight excluding hydrogens is 688 g/mol. The number of rotatable bonds is 6. The third kappa shape index (κ3) is 6.96. The third-order valence-electron chi connectivity index (χ3n) is 11.6. The van der Waals surface area contributed by atoms with Gasteiger partial charge < -0.3 is 19.3 Å². The molecule has 0 bridgehead atoms. The molecule has 0 atom stereocenters. The summed E-state index contributed by atoms with van der Waals surface area (Å²) in [5.74, 6) is 1.91. The van der Waals surface area contributed by atoms with Gasteiger partial charge in [0.05, 0.1) is 56.9 Å². The van der Waals surface area contributed by atoms with Crippen LogP contribution in [0.15, 0.2) is 49.6 Å². The summed E-state index contributed by atoms with van der Waals surface area (Å²) >= 11 is 0. The van der Waals surface area contributed by atoms with Crippen LogP contribution in [0.25, 0.3) is 0 Å². The van der Waals surface area contributed by atoms with Crippen LogP contribution in [0.3, 0.4) is 0 Å². The smallest absolute Gasteiger partial charge is 0.228 e. The molecule has 280 valence electrons. The summed E-state index contributed by atoms with van der Waals surface area (Å²) in [6.07, 6.45) is 16.9. The lowest BCUT2D eigenvalue weighted by Gasteiger charge is -2.45. The number of pyridine rings is 2. The number of nitriles is 2. The van der Waals surface area contributed by atoms with E-state index in [0.29, 0.717) is 74.0 Å². The largest absolute Gasteiger partial charge is 0.490 e. The van der Waals surface area contributed by atoms with Gasteiger partial charge in [-0.2, -0.15) is 25.5 Å². The topological polar surface area (TPSA) is 194 Å². The van der Waals surface area contributed by atoms with Gasteiger partial charge in [-0.05, 0) is 37.5 Å². The molecule has 2 fully saturated rings. The maximum absolute atomic E-state index is 13.3. The minimum Gasteiger partial charge on any atom is -0.490 e. The molecule has 0 radical (unpaired) electrons. The zero-order valence-electron chi connectivity index (χ0n) is 31.0. The average Bonchev–Trinajstić information content (AvgIpc) is 3.76. The second-order valence-corrected chi connectivity index (χ2v) is 15.5. The molecule has 0 aromatic carbocycles. The lowest BCUT2D eigenvalue weighted by atomic mass is 9.64. The number of hydrogen-bond acceptors (Lipinski definition) is 12. The van der Waals surface area contributed by atoms with E-state index in [0.717, 1.165) is 36.8 Å². The first-order chi connectivity index (χ1) is 26.0. The molecule has 54 heavy (non-hydrogen) atoms. The Morgan fingerprint density at radius 2 is 1.20 bits per heavy atom. The standard InChI is InChI=1S/2C19H22N6O2/c1-19(2,15-7-16(8-15)25-4-3-22-23-25)18(26)24-5-6-27-17-13(9-20)10-21-11-14(17)12-24;1-19(2,15-7-16(8-15)25-22-3-4-23-25)18(26)24-5-6-27-17-13(9-20)10-21-11-14(17)12-24/h2*3-4,10-11,15-16H,5-8,12H2,1-2H3. The summed E-state index contributed by atoms with van der Waals surface area (Å²) in [7, 11) is 0. The normalized spacial score (nSPS) is 22.0. The molecule has 2 saturated carbocycles. The molecule has 0 N–H and O–H groups in total. The van der Waals surface area contributed by atoms with Gasteiger partial charge >= 0.3 is 0 Å². The Kier molecular flexibility index (Phi) is 10.0. The number of ether oxygens (including phenoxy) is 2. The maximum atomic E-state index is 13.3. The molecule has 6 heterocycles. The number of aromatic nitrogens is 8. The van der Waals surface area contributed by atoms with E-state index in [1.807, 2.05) is 48.4 Å². The van der Waals surface area contributed by atoms with Crippen molar-refractivity contribution in [2.75, 3.05) is 26.3 Å². The predicted octanol–water partition coefficient (Wildman–Crippen LogP) is 3.89. The van der Waals surface area contributed by atoms with Crippen LogP contribution in [0.5, 0.6) is 11.5 Å². The van der Waals surface area contributed by atoms with E-state index in [9.17, 15) is 20.1 Å². The van der Waals surface area contributed by atoms with E-state index in [-0.39, 0.29) is 23.8 Å². The fourth-order valence-corrected chi connectivity index (χ4v) is 7.89. The highest BCUT2D eigenvalue weighted by Gasteiger charge is 2.48. The number of nitrogens with zero attached hydrogens (tertiary/aromatic N) is 12. The van der Waals surface area contributed by atoms with Gasteiger partial charge in [0.2, 0.25) is 11.8 Å². The second-order valence-electron chi connectivity index (χ2n) is 15.5. The van der Waals surface area contributed by atoms with Crippen molar-refractivity contribution in [3.8, 4) is 23.6 Å². The summed E-state index contributed by atoms with van der Waals surface area (Å²) in [6.45, 7) is 10.7. The molecule has 4 aliphatic rings. The Bertz CT molecular complexity index is 1910. The average molecular weight is 733 g/mol. The van der Waals surface area contributed by atoms with Crippen molar-refractivity contribution >= 4 is 11.8 Å². The minimum absolute atomic E-state index is 0.109. The summed E-state index contributed by atoms with van der Waals surface area (Å²) in [6, 6.07) is 4.80. The van der Waals surface area contributed by atoms with Gasteiger partial charge in [-0.3, -0.25) is 19.6 Å². The first-order valence-corrected chi connectivity index (χ1v) is 18.3. The predicted molar refractivity (Wildman–Crippen MR) is 191 cm³/mol. The van der Waals surface area contributed by atoms with Crippen molar-refractivity contribution < 1.29 is 19.1 Å². The number of hydrogen-bond donors (Lipinski definition) is 0. The van der Waals surface area contributed by atoms with Crippen molar-refractivity contribution in [2.45, 2.75) is 78.6 Å². The summed E-state index contributed by atoms with van der Waals surface area (Å²) in [4.78, 5) is 40.2. The van der Waals surface area contributed by atoms with E-state index in [2.05, 4.69) is 42.6 Å². The highest BCUT2D eigenvalue weighted by Crippen LogP contribution is 2.49. The second kappa shape index (κ2) is 14.9. The highest BCUT2D eigenvalue weighted by molar-refractivity contribution is 5.83. The molecule has 2 aliphatic heterocycles. The Morgan fingerprint density at radius 3 is 1.65 bits per heavy atom. The van der Waals surface area contributed by atoms with Crippen LogP contribution in [-0.4, -0.2) is 87.9 Å². The van der Waals surface area contributed by atoms with Gasteiger partial charge in [0.15, 0.2) is 0 Å². The summed E-state index contributed by atoms with van der Waals surface area (Å²) in [5.41, 5.74) is 1.44. The third-order valence-corrected chi connectivity index (χ3v) is 11.6. The number of amides is 2. The SMILES string of the molecule is CC(C)(C(=O)N1CCOc2c(C#N)cncc2C1)C1CC(n2ccnn2)C1.CC(C)(C(=O)N1CCOc2c(C#N)cncc2C1)C1CC(n2nccn2)C1. The molecule has 0 saturated heterocycles. The van der Waals surface area contributed by atoms with Crippen molar-refractivity contribution in [3.63, 3.8) is 0 Å². The first-order valence-electron chi connectivity index (χ1n) is 18.3. The Morgan fingerprint density at radius 1 is 0.722 bits per heavy atom. The number of carbonyl (C=O) groups is 2. The van der Waals surface area contributed by atoms with Crippen LogP contribution < -0.4 is 9.47 Å². The van der Waals surface area contributed by atoms with Crippen molar-refractivity contribution in [1.82, 2.24) is 49.8 Å². The van der Waals surface area contributed by atoms with Gasteiger partial charge in [0.1, 0.15) is 48.0 Å². The molecule has 8 rings (SSSR count). The molecule has 2 aliphatic carbocycles. The van der Waals surface area contributed by atoms with Crippen LogP contribution in [0.1, 0.15) is 87.7 Å². The van der Waals surface area contributed by atoms with Crippen LogP contribution >= 0.6 is 0 Å². The number of fused-ring (bicyclic) bond motifs is 2. The molecule has 4 aromatic rings. The zero-order chi connectivity index (χ0) is 38.0. The van der Waals surface area contributed by atoms with Crippen molar-refractivity contribution in [3.05, 3.63) is 71.8 Å². The van der Waals surface area contributed by atoms with Crippen LogP contribution in [-0.2, 0) is 22.7 Å².